The molecular weight excluding hydrogens is 386 g/mol. The topological polar surface area (TPSA) is 72.7 Å². The third-order valence-electron chi connectivity index (χ3n) is 3.62. The Hall–Kier alpha value is -2.38. The van der Waals surface area contributed by atoms with Crippen molar-refractivity contribution in [1.29, 1.82) is 0 Å². The van der Waals surface area contributed by atoms with Crippen molar-refractivity contribution in [3.8, 4) is 11.3 Å². The van der Waals surface area contributed by atoms with Gasteiger partial charge < -0.3 is 19.2 Å². The zero-order valence-electron chi connectivity index (χ0n) is 14.0. The van der Waals surface area contributed by atoms with Crippen molar-refractivity contribution in [2.75, 3.05) is 18.9 Å². The van der Waals surface area contributed by atoms with Gasteiger partial charge in [-0.25, -0.2) is 0 Å². The van der Waals surface area contributed by atoms with Gasteiger partial charge in [0.15, 0.2) is 18.1 Å². The Bertz CT molecular complexity index is 855. The molecule has 0 spiro atoms. The lowest BCUT2D eigenvalue weighted by atomic mass is 10.2. The number of carbonyl (C=O) groups excluding carboxylic acids is 1. The minimum Gasteiger partial charge on any atom is -0.455 e. The van der Waals surface area contributed by atoms with Crippen LogP contribution in [0, 0.1) is 6.92 Å². The van der Waals surface area contributed by atoms with E-state index in [-0.39, 0.29) is 5.91 Å². The molecule has 2 heterocycles. The summed E-state index contributed by atoms with van der Waals surface area (Å²) in [6, 6.07) is 13.5. The summed E-state index contributed by atoms with van der Waals surface area (Å²) in [7, 11) is 1.94. The highest BCUT2D eigenvalue weighted by atomic mass is 79.9. The zero-order chi connectivity index (χ0) is 17.8. The van der Waals surface area contributed by atoms with Crippen LogP contribution < -0.4 is 10.2 Å². The molecule has 130 valence electrons. The van der Waals surface area contributed by atoms with Gasteiger partial charge in [-0.1, -0.05) is 33.2 Å². The maximum absolute atomic E-state index is 12.0. The normalized spacial score (nSPS) is 12.1. The predicted octanol–water partition coefficient (Wildman–Crippen LogP) is 2.66. The number of nitrogens with zero attached hydrogens (tertiary/aromatic N) is 1. The van der Waals surface area contributed by atoms with Gasteiger partial charge in [-0.15, -0.1) is 0 Å². The molecule has 0 bridgehead atoms. The largest absolute Gasteiger partial charge is 0.455 e. The molecule has 1 amide bonds. The Morgan fingerprint density at radius 2 is 2.00 bits per heavy atom. The second kappa shape index (κ2) is 7.67. The number of anilines is 1. The summed E-state index contributed by atoms with van der Waals surface area (Å²) in [6.45, 7) is 2.70. The number of carbonyl (C=O) groups is 1. The molecule has 3 rings (SSSR count). The summed E-state index contributed by atoms with van der Waals surface area (Å²) in [5.74, 6) is 2.63. The van der Waals surface area contributed by atoms with Crippen LogP contribution in [0.5, 0.6) is 0 Å². The number of aromatic nitrogens is 1. The van der Waals surface area contributed by atoms with Crippen molar-refractivity contribution in [3.63, 3.8) is 0 Å². The van der Waals surface area contributed by atoms with Crippen molar-refractivity contribution in [2.24, 2.45) is 0 Å². The van der Waals surface area contributed by atoms with Crippen molar-refractivity contribution in [1.82, 2.24) is 5.16 Å². The van der Waals surface area contributed by atoms with Crippen LogP contribution in [-0.4, -0.2) is 24.7 Å². The SMILES string of the molecule is Cc1cc(NC(=O)C[NH+](C)Cc2ccc(-c3ccc(Br)cc3)o2)no1. The minimum absolute atomic E-state index is 0.120. The third-order valence-corrected chi connectivity index (χ3v) is 4.15. The Morgan fingerprint density at radius 3 is 2.68 bits per heavy atom. The zero-order valence-corrected chi connectivity index (χ0v) is 15.6. The molecule has 1 atom stereocenters. The van der Waals surface area contributed by atoms with E-state index in [9.17, 15) is 4.79 Å². The highest BCUT2D eigenvalue weighted by Gasteiger charge is 2.15. The van der Waals surface area contributed by atoms with Gasteiger partial charge in [0.25, 0.3) is 5.91 Å². The van der Waals surface area contributed by atoms with E-state index in [1.807, 2.05) is 43.4 Å². The van der Waals surface area contributed by atoms with Crippen LogP contribution in [0.4, 0.5) is 5.82 Å². The van der Waals surface area contributed by atoms with Crippen LogP contribution >= 0.6 is 15.9 Å². The van der Waals surface area contributed by atoms with Gasteiger partial charge in [0.1, 0.15) is 18.1 Å². The summed E-state index contributed by atoms with van der Waals surface area (Å²) in [4.78, 5) is 13.0. The Labute approximate surface area is 153 Å². The summed E-state index contributed by atoms with van der Waals surface area (Å²) in [5, 5.41) is 6.47. The number of rotatable bonds is 6. The van der Waals surface area contributed by atoms with E-state index in [4.69, 9.17) is 8.94 Å². The maximum atomic E-state index is 12.0. The molecular formula is C18H19BrN3O3+. The first-order valence-electron chi connectivity index (χ1n) is 7.89. The van der Waals surface area contributed by atoms with Crippen LogP contribution in [0.3, 0.4) is 0 Å². The van der Waals surface area contributed by atoms with Gasteiger partial charge in [0.05, 0.1) is 7.05 Å². The molecule has 0 radical (unpaired) electrons. The maximum Gasteiger partial charge on any atom is 0.280 e. The fourth-order valence-corrected chi connectivity index (χ4v) is 2.75. The Morgan fingerprint density at radius 1 is 1.24 bits per heavy atom. The average molecular weight is 405 g/mol. The molecule has 6 nitrogen and oxygen atoms in total. The van der Waals surface area contributed by atoms with E-state index in [0.29, 0.717) is 24.7 Å². The first-order valence-corrected chi connectivity index (χ1v) is 8.68. The number of likely N-dealkylation sites (N-methyl/N-ethyl adjacent to an activating group) is 1. The Kier molecular flexibility index (Phi) is 5.35. The van der Waals surface area contributed by atoms with Crippen LogP contribution in [0.1, 0.15) is 11.5 Å². The van der Waals surface area contributed by atoms with Gasteiger partial charge >= 0.3 is 0 Å². The summed E-state index contributed by atoms with van der Waals surface area (Å²) >= 11 is 3.42. The van der Waals surface area contributed by atoms with Crippen LogP contribution in [-0.2, 0) is 11.3 Å². The number of hydrogen-bond acceptors (Lipinski definition) is 4. The van der Waals surface area contributed by atoms with E-state index >= 15 is 0 Å². The Balaban J connectivity index is 1.55. The molecule has 0 saturated carbocycles. The fraction of sp³-hybridized carbons (Fsp3) is 0.222. The number of halogens is 1. The second-order valence-electron chi connectivity index (χ2n) is 5.95. The van der Waals surface area contributed by atoms with Crippen molar-refractivity contribution in [2.45, 2.75) is 13.5 Å². The first-order chi connectivity index (χ1) is 12.0. The number of benzene rings is 1. The van der Waals surface area contributed by atoms with Crippen LogP contribution in [0.2, 0.25) is 0 Å². The smallest absolute Gasteiger partial charge is 0.280 e. The van der Waals surface area contributed by atoms with Crippen molar-refractivity contribution in [3.05, 3.63) is 58.5 Å². The first kappa shape index (κ1) is 17.4. The molecule has 0 saturated heterocycles. The predicted molar refractivity (Wildman–Crippen MR) is 97.2 cm³/mol. The number of amides is 1. The van der Waals surface area contributed by atoms with Gasteiger partial charge in [-0.3, -0.25) is 4.79 Å². The monoisotopic (exact) mass is 404 g/mol. The average Bonchev–Trinajstić information content (AvgIpc) is 3.17. The van der Waals surface area contributed by atoms with Crippen LogP contribution in [0.25, 0.3) is 11.3 Å². The third kappa shape index (κ3) is 4.80. The van der Waals surface area contributed by atoms with Crippen molar-refractivity contribution < 1.29 is 18.6 Å². The van der Waals surface area contributed by atoms with E-state index in [1.54, 1.807) is 13.0 Å². The molecule has 0 aliphatic carbocycles. The van der Waals surface area contributed by atoms with Gasteiger partial charge in [0.2, 0.25) is 0 Å². The lowest BCUT2D eigenvalue weighted by Crippen LogP contribution is -3.08. The molecule has 2 N–H and O–H groups in total. The number of quaternary nitrogens is 1. The standard InChI is InChI=1S/C18H18BrN3O3/c1-12-9-17(21-25-12)20-18(23)11-22(2)10-15-7-8-16(24-15)13-3-5-14(19)6-4-13/h3-9H,10-11H2,1-2H3,(H,20,21,23)/p+1. The lowest BCUT2D eigenvalue weighted by molar-refractivity contribution is -0.886. The lowest BCUT2D eigenvalue weighted by Gasteiger charge is -2.11. The van der Waals surface area contributed by atoms with Gasteiger partial charge in [-0.05, 0) is 31.2 Å². The van der Waals surface area contributed by atoms with E-state index in [2.05, 4.69) is 26.4 Å². The number of aryl methyl sites for hydroxylation is 1. The molecule has 0 fully saturated rings. The van der Waals surface area contributed by atoms with E-state index < -0.39 is 0 Å². The van der Waals surface area contributed by atoms with Crippen LogP contribution in [0.15, 0.2) is 55.9 Å². The molecule has 25 heavy (non-hydrogen) atoms. The molecule has 0 aliphatic heterocycles. The minimum atomic E-state index is -0.120. The van der Waals surface area contributed by atoms with Gasteiger partial charge in [0, 0.05) is 16.1 Å². The molecule has 1 aromatic carbocycles. The quantitative estimate of drug-likeness (QED) is 0.662. The summed E-state index contributed by atoms with van der Waals surface area (Å²) in [5.41, 5.74) is 1.02. The van der Waals surface area contributed by atoms with Gasteiger partial charge in [-0.2, -0.15) is 0 Å². The highest BCUT2D eigenvalue weighted by Crippen LogP contribution is 2.23. The molecule has 0 aliphatic rings. The fourth-order valence-electron chi connectivity index (χ4n) is 2.49. The number of furan rings is 1. The molecule has 3 aromatic rings. The second-order valence-corrected chi connectivity index (χ2v) is 6.87. The summed E-state index contributed by atoms with van der Waals surface area (Å²) in [6.07, 6.45) is 0. The van der Waals surface area contributed by atoms with Crippen molar-refractivity contribution >= 4 is 27.7 Å². The molecule has 7 heteroatoms. The number of nitrogens with one attached hydrogen (secondary N) is 2. The number of hydrogen-bond donors (Lipinski definition) is 2. The highest BCUT2D eigenvalue weighted by molar-refractivity contribution is 9.10. The molecule has 1 unspecified atom stereocenters. The summed E-state index contributed by atoms with van der Waals surface area (Å²) < 4.78 is 11.8. The van der Waals surface area contributed by atoms with E-state index in [0.717, 1.165) is 26.5 Å². The van der Waals surface area contributed by atoms with E-state index in [1.165, 1.54) is 0 Å². The molecule has 2 aromatic heterocycles.